The summed E-state index contributed by atoms with van der Waals surface area (Å²) in [5.74, 6) is -0.187. The third-order valence-electron chi connectivity index (χ3n) is 1.83. The Labute approximate surface area is 100 Å². The van der Waals surface area contributed by atoms with Crippen LogP contribution in [0.3, 0.4) is 0 Å². The van der Waals surface area contributed by atoms with E-state index in [0.29, 0.717) is 15.7 Å². The van der Waals surface area contributed by atoms with Gasteiger partial charge in [-0.15, -0.1) is 0 Å². The topological polar surface area (TPSA) is 26.3 Å². The van der Waals surface area contributed by atoms with Crippen molar-refractivity contribution >= 4 is 29.2 Å². The molecule has 1 aromatic heterocycles. The molecule has 0 radical (unpaired) electrons. The molecule has 2 nitrogen and oxygen atoms in total. The fraction of sp³-hybridized carbons (Fsp3) is 0. The molecule has 0 aliphatic heterocycles. The van der Waals surface area contributed by atoms with E-state index in [0.717, 1.165) is 6.29 Å². The van der Waals surface area contributed by atoms with Gasteiger partial charge in [0.15, 0.2) is 11.3 Å². The molecule has 0 N–H and O–H groups in total. The van der Waals surface area contributed by atoms with Gasteiger partial charge >= 0.3 is 0 Å². The number of carbonyl (C=O) groups excluding carboxylic acids is 1. The highest BCUT2D eigenvalue weighted by molar-refractivity contribution is 7.15. The van der Waals surface area contributed by atoms with E-state index in [9.17, 15) is 9.18 Å². The maximum Gasteiger partial charge on any atom is 0.181 e. The maximum atomic E-state index is 13.1. The average molecular weight is 257 g/mol. The van der Waals surface area contributed by atoms with Crippen LogP contribution >= 0.6 is 22.9 Å². The van der Waals surface area contributed by atoms with Crippen molar-refractivity contribution in [3.63, 3.8) is 0 Å². The van der Waals surface area contributed by atoms with Gasteiger partial charge in [0.25, 0.3) is 0 Å². The molecule has 0 atom stereocenters. The molecule has 5 heteroatoms. The Bertz CT molecular complexity index is 524. The summed E-state index contributed by atoms with van der Waals surface area (Å²) >= 11 is 6.73. The molecule has 1 aromatic carbocycles. The van der Waals surface area contributed by atoms with Gasteiger partial charge in [-0.05, 0) is 24.3 Å². The normalized spacial score (nSPS) is 10.1. The van der Waals surface area contributed by atoms with Gasteiger partial charge in [-0.25, -0.2) is 4.39 Å². The van der Waals surface area contributed by atoms with E-state index < -0.39 is 5.82 Å². The van der Waals surface area contributed by atoms with E-state index in [1.165, 1.54) is 23.5 Å². The van der Waals surface area contributed by atoms with Gasteiger partial charge in [0.2, 0.25) is 0 Å². The minimum atomic E-state index is -0.536. The van der Waals surface area contributed by atoms with E-state index >= 15 is 0 Å². The van der Waals surface area contributed by atoms with Crippen LogP contribution in [-0.4, -0.2) is 6.29 Å². The fourth-order valence-electron chi connectivity index (χ4n) is 1.11. The maximum absolute atomic E-state index is 13.1. The van der Waals surface area contributed by atoms with Crippen molar-refractivity contribution in [1.82, 2.24) is 0 Å². The molecule has 0 fully saturated rings. The van der Waals surface area contributed by atoms with Gasteiger partial charge in [-0.1, -0.05) is 22.9 Å². The summed E-state index contributed by atoms with van der Waals surface area (Å²) in [6, 6.07) is 7.47. The lowest BCUT2D eigenvalue weighted by Crippen LogP contribution is -1.83. The highest BCUT2D eigenvalue weighted by Gasteiger charge is 2.05. The number of aldehydes is 1. The van der Waals surface area contributed by atoms with Crippen LogP contribution in [0.15, 0.2) is 30.3 Å². The second-order valence-corrected chi connectivity index (χ2v) is 4.44. The van der Waals surface area contributed by atoms with Crippen molar-refractivity contribution in [2.75, 3.05) is 0 Å². The van der Waals surface area contributed by atoms with Gasteiger partial charge in [-0.3, -0.25) is 4.79 Å². The van der Waals surface area contributed by atoms with Crippen LogP contribution in [0.2, 0.25) is 5.02 Å². The lowest BCUT2D eigenvalue weighted by atomic mass is 10.3. The van der Waals surface area contributed by atoms with E-state index in [4.69, 9.17) is 16.3 Å². The molecule has 82 valence electrons. The molecule has 16 heavy (non-hydrogen) atoms. The van der Waals surface area contributed by atoms with Crippen molar-refractivity contribution in [2.45, 2.75) is 0 Å². The Morgan fingerprint density at radius 2 is 2.12 bits per heavy atom. The van der Waals surface area contributed by atoms with Gasteiger partial charge in [0.05, 0.1) is 9.90 Å². The quantitative estimate of drug-likeness (QED) is 0.772. The number of rotatable bonds is 3. The van der Waals surface area contributed by atoms with Gasteiger partial charge < -0.3 is 4.74 Å². The Morgan fingerprint density at radius 3 is 2.75 bits per heavy atom. The predicted octanol–water partition coefficient (Wildman–Crippen LogP) is 4.15. The van der Waals surface area contributed by atoms with Crippen molar-refractivity contribution in [3.8, 4) is 10.8 Å². The minimum absolute atomic E-state index is 0.0483. The molecule has 1 heterocycles. The van der Waals surface area contributed by atoms with Crippen LogP contribution in [0, 0.1) is 5.82 Å². The smallest absolute Gasteiger partial charge is 0.181 e. The van der Waals surface area contributed by atoms with Crippen molar-refractivity contribution in [3.05, 3.63) is 46.0 Å². The summed E-state index contributed by atoms with van der Waals surface area (Å²) < 4.78 is 18.4. The third kappa shape index (κ3) is 2.40. The van der Waals surface area contributed by atoms with Crippen molar-refractivity contribution in [2.24, 2.45) is 0 Å². The number of hydrogen-bond acceptors (Lipinski definition) is 3. The molecule has 0 amide bonds. The molecule has 0 spiro atoms. The summed E-state index contributed by atoms with van der Waals surface area (Å²) in [5, 5.41) is 0.580. The molecule has 0 aliphatic carbocycles. The molecule has 0 saturated heterocycles. The molecule has 0 saturated carbocycles. The Kier molecular flexibility index (Phi) is 3.22. The van der Waals surface area contributed by atoms with Crippen LogP contribution in [0.5, 0.6) is 10.8 Å². The summed E-state index contributed by atoms with van der Waals surface area (Å²) in [7, 11) is 0. The first-order chi connectivity index (χ1) is 7.69. The minimum Gasteiger partial charge on any atom is -0.447 e. The first-order valence-corrected chi connectivity index (χ1v) is 5.56. The number of carbonyl (C=O) groups is 1. The van der Waals surface area contributed by atoms with Crippen LogP contribution < -0.4 is 4.74 Å². The molecule has 2 rings (SSSR count). The number of benzene rings is 1. The Hall–Kier alpha value is -1.39. The zero-order valence-corrected chi connectivity index (χ0v) is 9.52. The summed E-state index contributed by atoms with van der Waals surface area (Å²) in [6.45, 7) is 0. The van der Waals surface area contributed by atoms with Gasteiger partial charge in [0, 0.05) is 6.07 Å². The zero-order chi connectivity index (χ0) is 11.5. The first-order valence-electron chi connectivity index (χ1n) is 4.37. The number of ether oxygens (including phenoxy) is 1. The Balaban J connectivity index is 2.20. The van der Waals surface area contributed by atoms with Crippen molar-refractivity contribution < 1.29 is 13.9 Å². The molecular weight excluding hydrogens is 251 g/mol. The zero-order valence-electron chi connectivity index (χ0n) is 7.94. The summed E-state index contributed by atoms with van der Waals surface area (Å²) in [6.07, 6.45) is 0.736. The fourth-order valence-corrected chi connectivity index (χ4v) is 1.92. The van der Waals surface area contributed by atoms with E-state index in [2.05, 4.69) is 0 Å². The third-order valence-corrected chi connectivity index (χ3v) is 3.02. The van der Waals surface area contributed by atoms with Crippen LogP contribution in [-0.2, 0) is 0 Å². The monoisotopic (exact) mass is 256 g/mol. The van der Waals surface area contributed by atoms with Gasteiger partial charge in [-0.2, -0.15) is 0 Å². The van der Waals surface area contributed by atoms with Crippen LogP contribution in [0.4, 0.5) is 4.39 Å². The van der Waals surface area contributed by atoms with E-state index in [1.807, 2.05) is 0 Å². The van der Waals surface area contributed by atoms with Crippen LogP contribution in [0.1, 0.15) is 9.67 Å². The molecule has 0 bridgehead atoms. The largest absolute Gasteiger partial charge is 0.447 e. The molecule has 2 aromatic rings. The van der Waals surface area contributed by atoms with Crippen LogP contribution in [0.25, 0.3) is 0 Å². The highest BCUT2D eigenvalue weighted by atomic mass is 35.5. The van der Waals surface area contributed by atoms with E-state index in [-0.39, 0.29) is 5.02 Å². The summed E-state index contributed by atoms with van der Waals surface area (Å²) in [5.41, 5.74) is 0. The second-order valence-electron chi connectivity index (χ2n) is 2.95. The molecular formula is C11H6ClFO2S. The standard InChI is InChI=1S/C11H6ClFO2S/c12-9-3-1-7(5-10(9)13)15-11-4-2-8(6-14)16-11/h1-6H. The number of halogens is 2. The SMILES string of the molecule is O=Cc1ccc(Oc2ccc(Cl)c(F)c2)s1. The highest BCUT2D eigenvalue weighted by Crippen LogP contribution is 2.30. The predicted molar refractivity (Wildman–Crippen MR) is 61.2 cm³/mol. The van der Waals surface area contributed by atoms with Crippen molar-refractivity contribution in [1.29, 1.82) is 0 Å². The lowest BCUT2D eigenvalue weighted by molar-refractivity contribution is 0.112. The Morgan fingerprint density at radius 1 is 1.31 bits per heavy atom. The number of hydrogen-bond donors (Lipinski definition) is 0. The first kappa shape index (κ1) is 11.1. The number of thiophene rings is 1. The second kappa shape index (κ2) is 4.63. The molecule has 0 aliphatic rings. The lowest BCUT2D eigenvalue weighted by Gasteiger charge is -2.02. The molecule has 0 unspecified atom stereocenters. The summed E-state index contributed by atoms with van der Waals surface area (Å²) in [4.78, 5) is 11.0. The average Bonchev–Trinajstić information content (AvgIpc) is 2.71. The van der Waals surface area contributed by atoms with Gasteiger partial charge in [0.1, 0.15) is 11.6 Å². The van der Waals surface area contributed by atoms with E-state index in [1.54, 1.807) is 18.2 Å².